The first-order valence-electron chi connectivity index (χ1n) is 6.41. The molecule has 0 saturated heterocycles. The second-order valence-corrected chi connectivity index (χ2v) is 4.68. The maximum absolute atomic E-state index is 11.6. The van der Waals surface area contributed by atoms with Gasteiger partial charge in [0.15, 0.2) is 0 Å². The van der Waals surface area contributed by atoms with E-state index in [1.54, 1.807) is 0 Å². The van der Waals surface area contributed by atoms with Crippen LogP contribution >= 0.6 is 0 Å². The van der Waals surface area contributed by atoms with E-state index < -0.39 is 5.91 Å². The molecule has 1 aromatic carbocycles. The second kappa shape index (κ2) is 4.42. The predicted octanol–water partition coefficient (Wildman–Crippen LogP) is 1.71. The first-order valence-corrected chi connectivity index (χ1v) is 6.41. The van der Waals surface area contributed by atoms with E-state index in [2.05, 4.69) is 22.5 Å². The minimum absolute atomic E-state index is 0.146. The van der Waals surface area contributed by atoms with Gasteiger partial charge >= 0.3 is 0 Å². The highest BCUT2D eigenvalue weighted by Crippen LogP contribution is 2.32. The molecule has 5 nitrogen and oxygen atoms in total. The molecule has 2 heterocycles. The Labute approximate surface area is 111 Å². The third-order valence-electron chi connectivity index (χ3n) is 3.47. The average molecular weight is 256 g/mol. The van der Waals surface area contributed by atoms with Crippen LogP contribution in [0.3, 0.4) is 0 Å². The van der Waals surface area contributed by atoms with Crippen LogP contribution < -0.4 is 11.1 Å². The molecule has 19 heavy (non-hydrogen) atoms. The SMILES string of the molecule is CCc1nn2c(c1C(N)=O)N[C@@H](c1ccccc1)C2. The summed E-state index contributed by atoms with van der Waals surface area (Å²) in [7, 11) is 0. The molecule has 0 unspecified atom stereocenters. The maximum atomic E-state index is 11.6. The van der Waals surface area contributed by atoms with Gasteiger partial charge in [-0.05, 0) is 12.0 Å². The lowest BCUT2D eigenvalue weighted by molar-refractivity contribution is 0.1000. The summed E-state index contributed by atoms with van der Waals surface area (Å²) in [5.41, 5.74) is 7.94. The summed E-state index contributed by atoms with van der Waals surface area (Å²) < 4.78 is 1.84. The van der Waals surface area contributed by atoms with Gasteiger partial charge < -0.3 is 11.1 Å². The van der Waals surface area contributed by atoms with E-state index in [1.165, 1.54) is 5.56 Å². The normalized spacial score (nSPS) is 17.0. The van der Waals surface area contributed by atoms with Crippen molar-refractivity contribution >= 4 is 11.7 Å². The molecule has 3 N–H and O–H groups in total. The summed E-state index contributed by atoms with van der Waals surface area (Å²) in [6, 6.07) is 10.3. The Balaban J connectivity index is 1.95. The number of rotatable bonds is 3. The van der Waals surface area contributed by atoms with Crippen molar-refractivity contribution < 1.29 is 4.79 Å². The number of benzene rings is 1. The van der Waals surface area contributed by atoms with Gasteiger partial charge in [-0.2, -0.15) is 5.10 Å². The number of nitrogens with two attached hydrogens (primary N) is 1. The Morgan fingerprint density at radius 1 is 1.47 bits per heavy atom. The van der Waals surface area contributed by atoms with Crippen LogP contribution in [0.1, 0.15) is 34.6 Å². The third kappa shape index (κ3) is 1.87. The Kier molecular flexibility index (Phi) is 2.74. The number of carbonyl (C=O) groups is 1. The Morgan fingerprint density at radius 2 is 2.21 bits per heavy atom. The van der Waals surface area contributed by atoms with E-state index in [4.69, 9.17) is 5.73 Å². The van der Waals surface area contributed by atoms with Gasteiger partial charge in [-0.15, -0.1) is 0 Å². The van der Waals surface area contributed by atoms with Crippen LogP contribution in [-0.2, 0) is 13.0 Å². The number of fused-ring (bicyclic) bond motifs is 1. The minimum Gasteiger partial charge on any atom is -0.365 e. The molecule has 0 radical (unpaired) electrons. The monoisotopic (exact) mass is 256 g/mol. The van der Waals surface area contributed by atoms with Crippen molar-refractivity contribution in [3.63, 3.8) is 0 Å². The summed E-state index contributed by atoms with van der Waals surface area (Å²) in [4.78, 5) is 11.6. The Morgan fingerprint density at radius 3 is 2.84 bits per heavy atom. The van der Waals surface area contributed by atoms with Gasteiger partial charge in [-0.1, -0.05) is 37.3 Å². The zero-order valence-electron chi connectivity index (χ0n) is 10.8. The molecule has 0 fully saturated rings. The van der Waals surface area contributed by atoms with E-state index >= 15 is 0 Å². The lowest BCUT2D eigenvalue weighted by atomic mass is 10.1. The van der Waals surface area contributed by atoms with Crippen molar-refractivity contribution in [1.82, 2.24) is 9.78 Å². The van der Waals surface area contributed by atoms with E-state index in [9.17, 15) is 4.79 Å². The van der Waals surface area contributed by atoms with E-state index in [1.807, 2.05) is 29.8 Å². The molecule has 1 aromatic heterocycles. The van der Waals surface area contributed by atoms with Crippen LogP contribution in [0.5, 0.6) is 0 Å². The van der Waals surface area contributed by atoms with E-state index in [-0.39, 0.29) is 6.04 Å². The van der Waals surface area contributed by atoms with Crippen LogP contribution in [0.2, 0.25) is 0 Å². The van der Waals surface area contributed by atoms with Crippen molar-refractivity contribution in [2.75, 3.05) is 5.32 Å². The van der Waals surface area contributed by atoms with Crippen LogP contribution in [-0.4, -0.2) is 15.7 Å². The van der Waals surface area contributed by atoms with Gasteiger partial charge in [-0.25, -0.2) is 4.68 Å². The molecule has 5 heteroatoms. The highest BCUT2D eigenvalue weighted by atomic mass is 16.1. The molecule has 1 atom stereocenters. The third-order valence-corrected chi connectivity index (χ3v) is 3.47. The van der Waals surface area contributed by atoms with Gasteiger partial charge in [0.25, 0.3) is 5.91 Å². The molecule has 0 saturated carbocycles. The van der Waals surface area contributed by atoms with Crippen LogP contribution in [0.15, 0.2) is 30.3 Å². The maximum Gasteiger partial charge on any atom is 0.254 e. The predicted molar refractivity (Wildman–Crippen MR) is 72.9 cm³/mol. The van der Waals surface area contributed by atoms with Gasteiger partial charge in [0.2, 0.25) is 0 Å². The van der Waals surface area contributed by atoms with Crippen molar-refractivity contribution in [1.29, 1.82) is 0 Å². The summed E-state index contributed by atoms with van der Waals surface area (Å²) in [6.45, 7) is 2.69. The number of carbonyl (C=O) groups excluding carboxylic acids is 1. The molecule has 0 spiro atoms. The first-order chi connectivity index (χ1) is 9.20. The number of primary amides is 1. The zero-order chi connectivity index (χ0) is 13.4. The number of amides is 1. The molecule has 98 valence electrons. The lowest BCUT2D eigenvalue weighted by Gasteiger charge is -2.11. The van der Waals surface area contributed by atoms with Gasteiger partial charge in [0.05, 0.1) is 18.3 Å². The van der Waals surface area contributed by atoms with E-state index in [0.29, 0.717) is 12.0 Å². The fraction of sp³-hybridized carbons (Fsp3) is 0.286. The quantitative estimate of drug-likeness (QED) is 0.878. The average Bonchev–Trinajstić information content (AvgIpc) is 2.95. The second-order valence-electron chi connectivity index (χ2n) is 4.68. The first kappa shape index (κ1) is 11.8. The number of aryl methyl sites for hydroxylation is 1. The van der Waals surface area contributed by atoms with Crippen molar-refractivity contribution in [2.45, 2.75) is 25.9 Å². The largest absolute Gasteiger partial charge is 0.365 e. The number of aromatic nitrogens is 2. The van der Waals surface area contributed by atoms with Gasteiger partial charge in [0.1, 0.15) is 11.4 Å². The van der Waals surface area contributed by atoms with E-state index in [0.717, 1.165) is 18.1 Å². The Bertz CT molecular complexity index is 618. The number of anilines is 1. The molecule has 1 amide bonds. The number of hydrogen-bond donors (Lipinski definition) is 2. The smallest absolute Gasteiger partial charge is 0.254 e. The fourth-order valence-corrected chi connectivity index (χ4v) is 2.55. The fourth-order valence-electron chi connectivity index (χ4n) is 2.55. The van der Waals surface area contributed by atoms with Crippen LogP contribution in [0, 0.1) is 0 Å². The molecule has 3 rings (SSSR count). The standard InChI is InChI=1S/C14H16N4O/c1-2-10-12(13(15)19)14-16-11(8-18(14)17-10)9-6-4-3-5-7-9/h3-7,11,16H,2,8H2,1H3,(H2,15,19)/t11-/m1/s1. The molecule has 0 aliphatic carbocycles. The number of hydrogen-bond acceptors (Lipinski definition) is 3. The molecular weight excluding hydrogens is 240 g/mol. The molecule has 1 aliphatic heterocycles. The lowest BCUT2D eigenvalue weighted by Crippen LogP contribution is -2.15. The zero-order valence-corrected chi connectivity index (χ0v) is 10.8. The van der Waals surface area contributed by atoms with Crippen LogP contribution in [0.25, 0.3) is 0 Å². The molecule has 0 bridgehead atoms. The van der Waals surface area contributed by atoms with Gasteiger partial charge in [0, 0.05) is 0 Å². The Hall–Kier alpha value is -2.30. The van der Waals surface area contributed by atoms with Gasteiger partial charge in [-0.3, -0.25) is 4.79 Å². The van der Waals surface area contributed by atoms with Crippen molar-refractivity contribution in [2.24, 2.45) is 5.73 Å². The number of nitrogens with zero attached hydrogens (tertiary/aromatic N) is 2. The number of nitrogens with one attached hydrogen (secondary N) is 1. The minimum atomic E-state index is -0.417. The van der Waals surface area contributed by atoms with Crippen molar-refractivity contribution in [3.8, 4) is 0 Å². The molecule has 2 aromatic rings. The molecule has 1 aliphatic rings. The summed E-state index contributed by atoms with van der Waals surface area (Å²) >= 11 is 0. The molecular formula is C14H16N4O. The topological polar surface area (TPSA) is 72.9 Å². The summed E-state index contributed by atoms with van der Waals surface area (Å²) in [5, 5.41) is 7.81. The van der Waals surface area contributed by atoms with Crippen LogP contribution in [0.4, 0.5) is 5.82 Å². The highest BCUT2D eigenvalue weighted by molar-refractivity contribution is 5.99. The van der Waals surface area contributed by atoms with Crippen molar-refractivity contribution in [3.05, 3.63) is 47.2 Å². The summed E-state index contributed by atoms with van der Waals surface area (Å²) in [6.07, 6.45) is 0.704. The highest BCUT2D eigenvalue weighted by Gasteiger charge is 2.29. The summed E-state index contributed by atoms with van der Waals surface area (Å²) in [5.74, 6) is 0.331.